The number of aromatic hydroxyl groups is 1. The molecule has 4 heterocycles. The molecule has 0 saturated carbocycles. The van der Waals surface area contributed by atoms with Crippen LogP contribution in [0.1, 0.15) is 48.4 Å². The molecule has 0 unspecified atom stereocenters. The Morgan fingerprint density at radius 2 is 1.66 bits per heavy atom. The number of urea groups is 1. The summed E-state index contributed by atoms with van der Waals surface area (Å²) in [4.78, 5) is 46.6. The first-order valence-electron chi connectivity index (χ1n) is 16.6. The average molecular weight is 648 g/mol. The number of piperazine rings is 1. The lowest BCUT2D eigenvalue weighted by Crippen LogP contribution is -2.64. The zero-order valence-corrected chi connectivity index (χ0v) is 27.2. The molecule has 0 spiro atoms. The van der Waals surface area contributed by atoms with Crippen LogP contribution in [0.3, 0.4) is 0 Å². The molecule has 1 aromatic heterocycles. The van der Waals surface area contributed by atoms with Gasteiger partial charge in [0.1, 0.15) is 11.8 Å². The van der Waals surface area contributed by atoms with Gasteiger partial charge in [-0.2, -0.15) is 0 Å². The Morgan fingerprint density at radius 1 is 1.02 bits per heavy atom. The number of phenols is 1. The first kappa shape index (κ1) is 32.7. The molecule has 3 saturated heterocycles. The van der Waals surface area contributed by atoms with Crippen molar-refractivity contribution in [2.75, 3.05) is 52.5 Å². The van der Waals surface area contributed by atoms with Crippen LogP contribution >= 0.6 is 0 Å². The number of carbonyl (C=O) groups is 2. The van der Waals surface area contributed by atoms with Gasteiger partial charge in [0.15, 0.2) is 5.82 Å². The molecular formula is C34H45N7O6. The number of likely N-dealkylation sites (tertiary alicyclic amines) is 1. The van der Waals surface area contributed by atoms with Crippen molar-refractivity contribution in [3.63, 3.8) is 0 Å². The number of H-pyrrole nitrogens is 1. The second kappa shape index (κ2) is 13.9. The van der Waals surface area contributed by atoms with Crippen LogP contribution in [0.5, 0.6) is 5.75 Å². The zero-order valence-electron chi connectivity index (χ0n) is 27.2. The number of nitrogens with one attached hydrogen (secondary N) is 2. The molecule has 252 valence electrons. The zero-order chi connectivity index (χ0) is 33.1. The van der Waals surface area contributed by atoms with E-state index in [4.69, 9.17) is 4.74 Å². The van der Waals surface area contributed by atoms with Gasteiger partial charge in [0, 0.05) is 37.9 Å². The van der Waals surface area contributed by atoms with E-state index in [1.54, 1.807) is 9.80 Å². The molecule has 3 fully saturated rings. The Kier molecular flexibility index (Phi) is 9.67. The number of aromatic amines is 1. The Bertz CT molecular complexity index is 1590. The summed E-state index contributed by atoms with van der Waals surface area (Å²) in [5, 5.41) is 31.5. The Morgan fingerprint density at radius 3 is 2.30 bits per heavy atom. The van der Waals surface area contributed by atoms with Crippen molar-refractivity contribution in [3.8, 4) is 17.1 Å². The Balaban J connectivity index is 1.12. The van der Waals surface area contributed by atoms with E-state index in [0.717, 1.165) is 24.0 Å². The van der Waals surface area contributed by atoms with Gasteiger partial charge in [0.25, 0.3) is 0 Å². The van der Waals surface area contributed by atoms with E-state index in [2.05, 4.69) is 15.4 Å². The molecule has 0 radical (unpaired) electrons. The first-order chi connectivity index (χ1) is 22.6. The minimum atomic E-state index is -0.847. The van der Waals surface area contributed by atoms with Crippen LogP contribution in [0, 0.1) is 19.1 Å². The minimum absolute atomic E-state index is 0.00960. The van der Waals surface area contributed by atoms with Crippen LogP contribution in [-0.4, -0.2) is 111 Å². The highest BCUT2D eigenvalue weighted by Crippen LogP contribution is 2.27. The van der Waals surface area contributed by atoms with Crippen molar-refractivity contribution >= 4 is 11.9 Å². The van der Waals surface area contributed by atoms with Gasteiger partial charge < -0.3 is 34.8 Å². The van der Waals surface area contributed by atoms with Crippen LogP contribution in [-0.2, 0) is 16.0 Å². The molecule has 3 amide bonds. The molecule has 2 aromatic carbocycles. The quantitative estimate of drug-likeness (QED) is 0.263. The molecule has 3 aromatic rings. The highest BCUT2D eigenvalue weighted by molar-refractivity contribution is 5.87. The van der Waals surface area contributed by atoms with Crippen LogP contribution in [0.25, 0.3) is 11.4 Å². The van der Waals surface area contributed by atoms with Crippen molar-refractivity contribution < 1.29 is 24.1 Å². The summed E-state index contributed by atoms with van der Waals surface area (Å²) in [5.74, 6) is 0.505. The number of phenolic OH excluding ortho intramolecular Hbond substituents is 1. The number of hydrogen-bond acceptors (Lipinski definition) is 7. The number of piperidine rings is 1. The van der Waals surface area contributed by atoms with Crippen molar-refractivity contribution in [2.24, 2.45) is 0 Å². The number of hydroxylamine groups is 3. The second-order valence-electron chi connectivity index (χ2n) is 13.2. The highest BCUT2D eigenvalue weighted by Gasteiger charge is 2.38. The average Bonchev–Trinajstić information content (AvgIpc) is 3.49. The van der Waals surface area contributed by atoms with E-state index in [1.807, 2.05) is 56.3 Å². The van der Waals surface area contributed by atoms with Gasteiger partial charge in [-0.15, -0.1) is 5.10 Å². The number of ether oxygens (including phenoxy) is 1. The number of benzene rings is 2. The standard InChI is InChI=1S/C34H45N7O6/c1-23-20-25(21-24(2)30(23)42)22-29(32(43)38-14-16-41(46,17-15-38)28-10-18-47-19-11-28)35-33(44)39-12-8-27(9-13-39)40-34(45)36-31(37-40)26-6-4-3-5-7-26/h3-7,20-21,27-29,42H,8-19,22H2,1-2H3,(H,35,44)(H,36,37,45)/t29-/m1/s1. The van der Waals surface area contributed by atoms with Gasteiger partial charge in [-0.25, -0.2) is 14.3 Å². The predicted octanol–water partition coefficient (Wildman–Crippen LogP) is 2.85. The largest absolute Gasteiger partial charge is 0.632 e. The van der Waals surface area contributed by atoms with Gasteiger partial charge >= 0.3 is 11.7 Å². The Labute approximate surface area is 274 Å². The molecule has 3 aliphatic rings. The van der Waals surface area contributed by atoms with Gasteiger partial charge in [-0.1, -0.05) is 42.5 Å². The SMILES string of the molecule is Cc1cc(C[C@@H](NC(=O)N2CCC(n3nc(-c4ccccc4)[nH]c3=O)CC2)C(=O)N2CC[N+]([O-])(C3CCOCC3)CC2)cc(C)c1O. The number of carbonyl (C=O) groups excluding carboxylic acids is 2. The molecule has 6 rings (SSSR count). The molecule has 13 nitrogen and oxygen atoms in total. The number of amides is 3. The summed E-state index contributed by atoms with van der Waals surface area (Å²) < 4.78 is 6.62. The fourth-order valence-corrected chi connectivity index (χ4v) is 7.23. The van der Waals surface area contributed by atoms with Crippen molar-refractivity contribution in [2.45, 2.75) is 64.1 Å². The number of hydrogen-bond donors (Lipinski definition) is 3. The maximum atomic E-state index is 14.0. The third-order valence-electron chi connectivity index (χ3n) is 10.0. The number of aryl methyl sites for hydroxylation is 2. The topological polar surface area (TPSA) is 156 Å². The van der Waals surface area contributed by atoms with Crippen LogP contribution in [0.2, 0.25) is 0 Å². The monoisotopic (exact) mass is 647 g/mol. The fourth-order valence-electron chi connectivity index (χ4n) is 7.23. The van der Waals surface area contributed by atoms with E-state index in [9.17, 15) is 24.7 Å². The molecule has 13 heteroatoms. The molecule has 3 N–H and O–H groups in total. The molecule has 47 heavy (non-hydrogen) atoms. The van der Waals surface area contributed by atoms with Crippen LogP contribution < -0.4 is 11.0 Å². The molecular weight excluding hydrogens is 602 g/mol. The lowest BCUT2D eigenvalue weighted by Gasteiger charge is -2.54. The van der Waals surface area contributed by atoms with Crippen LogP contribution in [0.4, 0.5) is 4.79 Å². The number of nitrogens with zero attached hydrogens (tertiary/aromatic N) is 5. The lowest BCUT2D eigenvalue weighted by molar-refractivity contribution is -0.910. The van der Waals surface area contributed by atoms with Gasteiger partial charge in [-0.05, 0) is 43.4 Å². The van der Waals surface area contributed by atoms with Crippen molar-refractivity contribution in [1.29, 1.82) is 0 Å². The van der Waals surface area contributed by atoms with Crippen molar-refractivity contribution in [1.82, 2.24) is 29.9 Å². The smallest absolute Gasteiger partial charge is 0.343 e. The fraction of sp³-hybridized carbons (Fsp3) is 0.529. The number of quaternary nitrogens is 1. The summed E-state index contributed by atoms with van der Waals surface area (Å²) in [6.45, 7) is 6.92. The third-order valence-corrected chi connectivity index (χ3v) is 10.0. The molecule has 0 bridgehead atoms. The van der Waals surface area contributed by atoms with E-state index >= 15 is 0 Å². The molecule has 1 atom stereocenters. The second-order valence-corrected chi connectivity index (χ2v) is 13.2. The minimum Gasteiger partial charge on any atom is -0.632 e. The van der Waals surface area contributed by atoms with Gasteiger partial charge in [0.2, 0.25) is 5.91 Å². The predicted molar refractivity (Wildman–Crippen MR) is 176 cm³/mol. The summed E-state index contributed by atoms with van der Waals surface area (Å²) in [6.07, 6.45) is 2.80. The third kappa shape index (κ3) is 7.21. The first-order valence-corrected chi connectivity index (χ1v) is 16.6. The maximum Gasteiger partial charge on any atom is 0.343 e. The van der Waals surface area contributed by atoms with Gasteiger partial charge in [-0.3, -0.25) is 9.78 Å². The summed E-state index contributed by atoms with van der Waals surface area (Å²) >= 11 is 0. The van der Waals surface area contributed by atoms with Crippen molar-refractivity contribution in [3.05, 3.63) is 74.8 Å². The normalized spacial score (nSPS) is 19.8. The summed E-state index contributed by atoms with van der Waals surface area (Å²) in [5.41, 5.74) is 2.77. The Hall–Kier alpha value is -4.20. The lowest BCUT2D eigenvalue weighted by atomic mass is 9.99. The van der Waals surface area contributed by atoms with E-state index in [0.29, 0.717) is 82.3 Å². The maximum absolute atomic E-state index is 14.0. The number of rotatable bonds is 7. The summed E-state index contributed by atoms with van der Waals surface area (Å²) in [6, 6.07) is 11.8. The van der Waals surface area contributed by atoms with E-state index in [-0.39, 0.29) is 46.5 Å². The van der Waals surface area contributed by atoms with E-state index in [1.165, 1.54) is 4.68 Å². The number of aromatic nitrogens is 3. The highest BCUT2D eigenvalue weighted by atomic mass is 16.6. The van der Waals surface area contributed by atoms with Gasteiger partial charge in [0.05, 0.1) is 51.5 Å². The van der Waals surface area contributed by atoms with E-state index < -0.39 is 6.04 Å². The van der Waals surface area contributed by atoms with Crippen LogP contribution in [0.15, 0.2) is 47.3 Å². The molecule has 3 aliphatic heterocycles. The summed E-state index contributed by atoms with van der Waals surface area (Å²) in [7, 11) is 0. The molecule has 0 aliphatic carbocycles.